The molecule has 2 aliphatic rings. The highest BCUT2D eigenvalue weighted by Gasteiger charge is 2.18. The van der Waals surface area contributed by atoms with E-state index in [1.165, 1.54) is 25.8 Å². The summed E-state index contributed by atoms with van der Waals surface area (Å²) in [5.74, 6) is 0.139. The number of nitrogens with one attached hydrogen (secondary N) is 2. The number of rotatable bonds is 6. The lowest BCUT2D eigenvalue weighted by molar-refractivity contribution is -0.122. The molecule has 2 aliphatic heterocycles. The minimum Gasteiger partial charge on any atom is -0.378 e. The van der Waals surface area contributed by atoms with Crippen molar-refractivity contribution in [3.63, 3.8) is 0 Å². The van der Waals surface area contributed by atoms with E-state index < -0.39 is 0 Å². The maximum atomic E-state index is 11.8. The SMILES string of the molecule is CC1CCCCN1CCCNC(=O)CC1COCCN1. The Kier molecular flexibility index (Phi) is 6.76. The second kappa shape index (κ2) is 8.60. The maximum Gasteiger partial charge on any atom is 0.221 e. The fourth-order valence-corrected chi connectivity index (χ4v) is 3.05. The summed E-state index contributed by atoms with van der Waals surface area (Å²) in [6, 6.07) is 0.897. The lowest BCUT2D eigenvalue weighted by atomic mass is 10.0. The average Bonchev–Trinajstić information content (AvgIpc) is 2.46. The fourth-order valence-electron chi connectivity index (χ4n) is 3.05. The minimum absolute atomic E-state index is 0.139. The van der Waals surface area contributed by atoms with Gasteiger partial charge in [-0.1, -0.05) is 6.42 Å². The highest BCUT2D eigenvalue weighted by molar-refractivity contribution is 5.76. The maximum absolute atomic E-state index is 11.8. The Hall–Kier alpha value is -0.650. The van der Waals surface area contributed by atoms with Crippen LogP contribution in [0.3, 0.4) is 0 Å². The topological polar surface area (TPSA) is 53.6 Å². The molecule has 2 rings (SSSR count). The smallest absolute Gasteiger partial charge is 0.221 e. The van der Waals surface area contributed by atoms with Gasteiger partial charge in [-0.25, -0.2) is 0 Å². The number of morpholine rings is 1. The van der Waals surface area contributed by atoms with Crippen molar-refractivity contribution in [2.75, 3.05) is 39.4 Å². The largest absolute Gasteiger partial charge is 0.378 e. The molecule has 2 N–H and O–H groups in total. The molecular formula is C15H29N3O2. The lowest BCUT2D eigenvalue weighted by Gasteiger charge is -2.33. The Morgan fingerprint density at radius 1 is 1.45 bits per heavy atom. The van der Waals surface area contributed by atoms with Crippen molar-refractivity contribution >= 4 is 5.91 Å². The molecule has 0 aromatic rings. The van der Waals surface area contributed by atoms with E-state index in [1.807, 2.05) is 0 Å². The van der Waals surface area contributed by atoms with Crippen LogP contribution in [0.2, 0.25) is 0 Å². The van der Waals surface area contributed by atoms with Crippen molar-refractivity contribution in [2.45, 2.75) is 51.1 Å². The molecule has 2 atom stereocenters. The van der Waals surface area contributed by atoms with E-state index in [4.69, 9.17) is 4.74 Å². The quantitative estimate of drug-likeness (QED) is 0.706. The van der Waals surface area contributed by atoms with Crippen LogP contribution in [0.1, 0.15) is 39.0 Å². The number of amides is 1. The molecule has 5 nitrogen and oxygen atoms in total. The lowest BCUT2D eigenvalue weighted by Crippen LogP contribution is -2.44. The van der Waals surface area contributed by atoms with Gasteiger partial charge >= 0.3 is 0 Å². The van der Waals surface area contributed by atoms with E-state index in [1.54, 1.807) is 0 Å². The monoisotopic (exact) mass is 283 g/mol. The number of hydrogen-bond donors (Lipinski definition) is 2. The molecule has 2 unspecified atom stereocenters. The van der Waals surface area contributed by atoms with Crippen LogP contribution in [0.5, 0.6) is 0 Å². The predicted molar refractivity (Wildman–Crippen MR) is 79.7 cm³/mol. The molecule has 5 heteroatoms. The third kappa shape index (κ3) is 5.38. The summed E-state index contributed by atoms with van der Waals surface area (Å²) in [5.41, 5.74) is 0. The van der Waals surface area contributed by atoms with Crippen LogP contribution < -0.4 is 10.6 Å². The molecule has 1 amide bonds. The van der Waals surface area contributed by atoms with Gasteiger partial charge in [0.15, 0.2) is 0 Å². The van der Waals surface area contributed by atoms with Crippen LogP contribution in [-0.2, 0) is 9.53 Å². The van der Waals surface area contributed by atoms with Crippen LogP contribution in [0.4, 0.5) is 0 Å². The molecule has 0 aliphatic carbocycles. The van der Waals surface area contributed by atoms with Crippen molar-refractivity contribution in [2.24, 2.45) is 0 Å². The number of carbonyl (C=O) groups is 1. The van der Waals surface area contributed by atoms with E-state index in [2.05, 4.69) is 22.5 Å². The Balaban J connectivity index is 1.52. The zero-order valence-electron chi connectivity index (χ0n) is 12.7. The van der Waals surface area contributed by atoms with Gasteiger partial charge in [-0.3, -0.25) is 4.79 Å². The van der Waals surface area contributed by atoms with Crippen LogP contribution in [0.25, 0.3) is 0 Å². The highest BCUT2D eigenvalue weighted by atomic mass is 16.5. The number of piperidine rings is 1. The summed E-state index contributed by atoms with van der Waals surface area (Å²) >= 11 is 0. The summed E-state index contributed by atoms with van der Waals surface area (Å²) < 4.78 is 5.35. The van der Waals surface area contributed by atoms with E-state index in [0.29, 0.717) is 19.1 Å². The first-order chi connectivity index (χ1) is 9.75. The summed E-state index contributed by atoms with van der Waals surface area (Å²) in [7, 11) is 0. The average molecular weight is 283 g/mol. The van der Waals surface area contributed by atoms with Gasteiger partial charge in [-0.05, 0) is 32.7 Å². The van der Waals surface area contributed by atoms with Gasteiger partial charge in [0.2, 0.25) is 5.91 Å². The van der Waals surface area contributed by atoms with Gasteiger partial charge in [-0.2, -0.15) is 0 Å². The summed E-state index contributed by atoms with van der Waals surface area (Å²) in [6.45, 7) is 7.68. The fraction of sp³-hybridized carbons (Fsp3) is 0.933. The van der Waals surface area contributed by atoms with Gasteiger partial charge in [0.25, 0.3) is 0 Å². The first-order valence-electron chi connectivity index (χ1n) is 8.07. The van der Waals surface area contributed by atoms with Crippen LogP contribution in [0.15, 0.2) is 0 Å². The second-order valence-corrected chi connectivity index (χ2v) is 6.01. The Labute approximate surface area is 122 Å². The molecule has 2 fully saturated rings. The molecule has 116 valence electrons. The molecular weight excluding hydrogens is 254 g/mol. The standard InChI is InChI=1S/C15H29N3O2/c1-13-5-2-3-8-18(13)9-4-6-17-15(19)11-14-12-20-10-7-16-14/h13-14,16H,2-12H2,1H3,(H,17,19). The van der Waals surface area contributed by atoms with Gasteiger partial charge in [0.1, 0.15) is 0 Å². The number of ether oxygens (including phenoxy) is 1. The highest BCUT2D eigenvalue weighted by Crippen LogP contribution is 2.16. The summed E-state index contributed by atoms with van der Waals surface area (Å²) in [4.78, 5) is 14.4. The van der Waals surface area contributed by atoms with Gasteiger partial charge < -0.3 is 20.3 Å². The Morgan fingerprint density at radius 2 is 2.35 bits per heavy atom. The third-order valence-electron chi connectivity index (χ3n) is 4.32. The van der Waals surface area contributed by atoms with Gasteiger partial charge in [0, 0.05) is 38.1 Å². The number of carbonyl (C=O) groups excluding carboxylic acids is 1. The molecule has 0 bridgehead atoms. The first-order valence-corrected chi connectivity index (χ1v) is 8.07. The molecule has 0 aromatic carbocycles. The van der Waals surface area contributed by atoms with E-state index >= 15 is 0 Å². The second-order valence-electron chi connectivity index (χ2n) is 6.01. The summed E-state index contributed by atoms with van der Waals surface area (Å²) in [6.07, 6.45) is 5.58. The minimum atomic E-state index is 0.139. The van der Waals surface area contributed by atoms with Crippen molar-refractivity contribution in [1.29, 1.82) is 0 Å². The van der Waals surface area contributed by atoms with Crippen molar-refractivity contribution in [1.82, 2.24) is 15.5 Å². The summed E-state index contributed by atoms with van der Waals surface area (Å²) in [5, 5.41) is 6.33. The van der Waals surface area contributed by atoms with E-state index in [-0.39, 0.29) is 11.9 Å². The van der Waals surface area contributed by atoms with Crippen LogP contribution in [0, 0.1) is 0 Å². The van der Waals surface area contributed by atoms with Crippen LogP contribution >= 0.6 is 0 Å². The Bertz CT molecular complexity index is 293. The number of nitrogens with zero attached hydrogens (tertiary/aromatic N) is 1. The van der Waals surface area contributed by atoms with Crippen LogP contribution in [-0.4, -0.2) is 62.3 Å². The molecule has 0 radical (unpaired) electrons. The molecule has 2 heterocycles. The third-order valence-corrected chi connectivity index (χ3v) is 4.32. The van der Waals surface area contributed by atoms with Crippen molar-refractivity contribution < 1.29 is 9.53 Å². The molecule has 0 saturated carbocycles. The number of hydrogen-bond acceptors (Lipinski definition) is 4. The molecule has 0 spiro atoms. The van der Waals surface area contributed by atoms with E-state index in [9.17, 15) is 4.79 Å². The predicted octanol–water partition coefficient (Wildman–Crippen LogP) is 0.746. The number of likely N-dealkylation sites (tertiary alicyclic amines) is 1. The van der Waals surface area contributed by atoms with E-state index in [0.717, 1.165) is 32.7 Å². The van der Waals surface area contributed by atoms with Gasteiger partial charge in [-0.15, -0.1) is 0 Å². The molecule has 2 saturated heterocycles. The van der Waals surface area contributed by atoms with Gasteiger partial charge in [0.05, 0.1) is 13.2 Å². The Morgan fingerprint density at radius 3 is 3.10 bits per heavy atom. The van der Waals surface area contributed by atoms with Crippen molar-refractivity contribution in [3.8, 4) is 0 Å². The molecule has 0 aromatic heterocycles. The zero-order valence-corrected chi connectivity index (χ0v) is 12.7. The molecule has 20 heavy (non-hydrogen) atoms. The zero-order chi connectivity index (χ0) is 14.2. The normalized spacial score (nSPS) is 28.2. The van der Waals surface area contributed by atoms with Crippen molar-refractivity contribution in [3.05, 3.63) is 0 Å². The first kappa shape index (κ1) is 15.7.